The lowest BCUT2D eigenvalue weighted by Crippen LogP contribution is -2.24. The second kappa shape index (κ2) is 6.79. The van der Waals surface area contributed by atoms with Gasteiger partial charge in [-0.15, -0.1) is 4.85 Å². The fourth-order valence-corrected chi connectivity index (χ4v) is 2.89. The number of pyridine rings is 1. The highest BCUT2D eigenvalue weighted by molar-refractivity contribution is 6.42. The molecule has 0 aliphatic carbocycles. The highest BCUT2D eigenvalue weighted by Crippen LogP contribution is 2.26. The molecule has 0 unspecified atom stereocenters. The molecule has 0 fully saturated rings. The van der Waals surface area contributed by atoms with Gasteiger partial charge in [0, 0.05) is 19.1 Å². The Morgan fingerprint density at radius 2 is 1.96 bits per heavy atom. The number of halogens is 2. The Hall–Kier alpha value is -2.48. The minimum atomic E-state index is -0.536. The van der Waals surface area contributed by atoms with E-state index >= 15 is 0 Å². The van der Waals surface area contributed by atoms with Gasteiger partial charge in [0.25, 0.3) is 5.56 Å². The Morgan fingerprint density at radius 3 is 2.60 bits per heavy atom. The number of hydrogen-bond acceptors (Lipinski definition) is 4. The maximum absolute atomic E-state index is 12.8. The smallest absolute Gasteiger partial charge is 0.278 e. The van der Waals surface area contributed by atoms with Crippen LogP contribution in [0.15, 0.2) is 47.5 Å². The molecule has 0 bridgehead atoms. The largest absolute Gasteiger partial charge is 0.619 e. The molecule has 2 heterocycles. The number of hydrogen-bond donors (Lipinski definition) is 2. The summed E-state index contributed by atoms with van der Waals surface area (Å²) in [4.78, 5) is 13.4. The summed E-state index contributed by atoms with van der Waals surface area (Å²) in [5, 5.41) is 31.9. The van der Waals surface area contributed by atoms with Crippen molar-refractivity contribution < 1.29 is 15.0 Å². The van der Waals surface area contributed by atoms with E-state index in [2.05, 4.69) is 0 Å². The van der Waals surface area contributed by atoms with Gasteiger partial charge < -0.3 is 15.5 Å². The first-order valence-corrected chi connectivity index (χ1v) is 8.01. The highest BCUT2D eigenvalue weighted by atomic mass is 35.5. The minimum absolute atomic E-state index is 0.0107. The van der Waals surface area contributed by atoms with Gasteiger partial charge in [-0.25, -0.2) is 0 Å². The molecule has 25 heavy (non-hydrogen) atoms. The van der Waals surface area contributed by atoms with Gasteiger partial charge in [-0.2, -0.15) is 9.41 Å². The molecule has 1 aromatic carbocycles. The summed E-state index contributed by atoms with van der Waals surface area (Å²) in [6, 6.07) is 7.52. The van der Waals surface area contributed by atoms with Crippen LogP contribution in [0.1, 0.15) is 5.56 Å². The molecular formula is C16H13Cl2N3O4. The van der Waals surface area contributed by atoms with Crippen molar-refractivity contribution in [3.05, 3.63) is 73.9 Å². The average molecular weight is 382 g/mol. The first-order valence-electron chi connectivity index (χ1n) is 7.25. The number of aliphatic hydroxyl groups excluding tert-OH is 1. The summed E-state index contributed by atoms with van der Waals surface area (Å²) in [5.41, 5.74) is 0.376. The van der Waals surface area contributed by atoms with E-state index in [0.717, 1.165) is 4.68 Å². The quantitative estimate of drug-likeness (QED) is 0.410. The van der Waals surface area contributed by atoms with Gasteiger partial charge in [0.2, 0.25) is 0 Å². The SMILES string of the molecule is O=c1c(CCO)c(-c2ccc[n+]([O-])c2)n(O)n1-c1ccc(Cl)c(Cl)c1. The van der Waals surface area contributed by atoms with E-state index in [-0.39, 0.29) is 29.3 Å². The molecule has 7 nitrogen and oxygen atoms in total. The standard InChI is InChI=1S/C16H13Cl2N3O4/c17-13-4-3-11(8-14(13)18)20-16(23)12(5-7-22)15(21(20)25)10-2-1-6-19(24)9-10/h1-4,6,8-9,22,25H,5,7H2. The van der Waals surface area contributed by atoms with Crippen LogP contribution < -0.4 is 10.3 Å². The Kier molecular flexibility index (Phi) is 4.71. The summed E-state index contributed by atoms with van der Waals surface area (Å²) < 4.78 is 1.55. The lowest BCUT2D eigenvalue weighted by Gasteiger charge is -2.09. The van der Waals surface area contributed by atoms with Crippen LogP contribution in [0, 0.1) is 5.21 Å². The van der Waals surface area contributed by atoms with Crippen molar-refractivity contribution in [1.29, 1.82) is 0 Å². The van der Waals surface area contributed by atoms with Crippen LogP contribution in [-0.4, -0.2) is 26.4 Å². The van der Waals surface area contributed by atoms with Crippen LogP contribution in [-0.2, 0) is 6.42 Å². The topological polar surface area (TPSA) is 94.3 Å². The molecule has 0 radical (unpaired) electrons. The minimum Gasteiger partial charge on any atom is -0.619 e. The summed E-state index contributed by atoms with van der Waals surface area (Å²) in [6.45, 7) is -0.294. The second-order valence-corrected chi connectivity index (χ2v) is 6.07. The lowest BCUT2D eigenvalue weighted by atomic mass is 10.1. The van der Waals surface area contributed by atoms with Gasteiger partial charge >= 0.3 is 0 Å². The molecule has 0 amide bonds. The fraction of sp³-hybridized carbons (Fsp3) is 0.125. The van der Waals surface area contributed by atoms with Gasteiger partial charge in [0.05, 0.1) is 26.9 Å². The molecule has 3 rings (SSSR count). The summed E-state index contributed by atoms with van der Waals surface area (Å²) in [5.74, 6) is 0. The molecular weight excluding hydrogens is 369 g/mol. The third kappa shape index (κ3) is 3.09. The molecule has 0 aliphatic heterocycles. The van der Waals surface area contributed by atoms with Crippen LogP contribution in [0.25, 0.3) is 16.9 Å². The molecule has 0 aliphatic rings. The Labute approximate surface area is 152 Å². The monoisotopic (exact) mass is 381 g/mol. The molecule has 0 atom stereocenters. The number of benzene rings is 1. The Morgan fingerprint density at radius 1 is 1.20 bits per heavy atom. The van der Waals surface area contributed by atoms with Crippen molar-refractivity contribution in [1.82, 2.24) is 9.53 Å². The zero-order valence-electron chi connectivity index (χ0n) is 12.8. The van der Waals surface area contributed by atoms with E-state index in [1.807, 2.05) is 0 Å². The van der Waals surface area contributed by atoms with Crippen LogP contribution in [0.2, 0.25) is 10.0 Å². The average Bonchev–Trinajstić information content (AvgIpc) is 2.81. The van der Waals surface area contributed by atoms with Gasteiger partial charge in [-0.1, -0.05) is 23.2 Å². The first-order chi connectivity index (χ1) is 11.9. The number of rotatable bonds is 4. The zero-order chi connectivity index (χ0) is 18.1. The molecule has 0 saturated carbocycles. The van der Waals surface area contributed by atoms with Crippen LogP contribution in [0.5, 0.6) is 0 Å². The number of aromatic nitrogens is 3. The van der Waals surface area contributed by atoms with Crippen molar-refractivity contribution in [2.24, 2.45) is 0 Å². The molecule has 2 aromatic heterocycles. The maximum Gasteiger partial charge on any atom is 0.278 e. The van der Waals surface area contributed by atoms with Crippen molar-refractivity contribution >= 4 is 23.2 Å². The normalized spacial score (nSPS) is 11.0. The summed E-state index contributed by atoms with van der Waals surface area (Å²) in [6.07, 6.45) is 2.52. The van der Waals surface area contributed by atoms with E-state index in [1.54, 1.807) is 6.07 Å². The predicted molar refractivity (Wildman–Crippen MR) is 92.4 cm³/mol. The lowest BCUT2D eigenvalue weighted by molar-refractivity contribution is -0.604. The van der Waals surface area contributed by atoms with Crippen molar-refractivity contribution in [2.45, 2.75) is 6.42 Å². The second-order valence-electron chi connectivity index (χ2n) is 5.26. The molecule has 0 spiro atoms. The molecule has 2 N–H and O–H groups in total. The predicted octanol–water partition coefficient (Wildman–Crippen LogP) is 2.02. The maximum atomic E-state index is 12.8. The summed E-state index contributed by atoms with van der Waals surface area (Å²) in [7, 11) is 0. The Bertz CT molecular complexity index is 998. The third-order valence-corrected chi connectivity index (χ3v) is 4.42. The number of nitrogens with zero attached hydrogens (tertiary/aromatic N) is 3. The van der Waals surface area contributed by atoms with Crippen molar-refractivity contribution in [3.63, 3.8) is 0 Å². The summed E-state index contributed by atoms with van der Waals surface area (Å²) >= 11 is 11.9. The van der Waals surface area contributed by atoms with Gasteiger partial charge in [0.1, 0.15) is 5.69 Å². The van der Waals surface area contributed by atoms with E-state index in [0.29, 0.717) is 25.8 Å². The van der Waals surface area contributed by atoms with E-state index < -0.39 is 5.56 Å². The number of aliphatic hydroxyl groups is 1. The van der Waals surface area contributed by atoms with Crippen molar-refractivity contribution in [3.8, 4) is 16.9 Å². The van der Waals surface area contributed by atoms with E-state index in [4.69, 9.17) is 23.2 Å². The van der Waals surface area contributed by atoms with Crippen LogP contribution >= 0.6 is 23.2 Å². The van der Waals surface area contributed by atoms with Crippen LogP contribution in [0.4, 0.5) is 0 Å². The highest BCUT2D eigenvalue weighted by Gasteiger charge is 2.23. The van der Waals surface area contributed by atoms with Crippen LogP contribution in [0.3, 0.4) is 0 Å². The molecule has 3 aromatic rings. The van der Waals surface area contributed by atoms with Gasteiger partial charge in [-0.05, 0) is 24.3 Å². The fourth-order valence-electron chi connectivity index (χ4n) is 2.60. The molecule has 130 valence electrons. The Balaban J connectivity index is 2.29. The first kappa shape index (κ1) is 17.3. The molecule has 0 saturated heterocycles. The zero-order valence-corrected chi connectivity index (χ0v) is 14.3. The van der Waals surface area contributed by atoms with Crippen molar-refractivity contribution in [2.75, 3.05) is 6.61 Å². The van der Waals surface area contributed by atoms with Gasteiger partial charge in [0.15, 0.2) is 12.4 Å². The third-order valence-electron chi connectivity index (χ3n) is 3.68. The van der Waals surface area contributed by atoms with E-state index in [1.165, 1.54) is 36.7 Å². The molecule has 9 heteroatoms. The van der Waals surface area contributed by atoms with E-state index in [9.17, 15) is 20.3 Å². The van der Waals surface area contributed by atoms with Gasteiger partial charge in [-0.3, -0.25) is 4.79 Å².